The van der Waals surface area contributed by atoms with Gasteiger partial charge in [-0.05, 0) is 18.6 Å². The molecule has 0 bridgehead atoms. The largest absolute Gasteiger partial charge is 0.397 e. The molecule has 1 fully saturated rings. The summed E-state index contributed by atoms with van der Waals surface area (Å²) in [6.45, 7) is 0.690. The number of nitrogen functional groups attached to an aromatic ring is 1. The Morgan fingerprint density at radius 2 is 2.22 bits per heavy atom. The molecular formula is C12H16N4O2. The van der Waals surface area contributed by atoms with E-state index in [1.54, 1.807) is 30.1 Å². The van der Waals surface area contributed by atoms with Gasteiger partial charge in [-0.1, -0.05) is 6.07 Å². The molecule has 18 heavy (non-hydrogen) atoms. The van der Waals surface area contributed by atoms with Crippen LogP contribution in [0.5, 0.6) is 0 Å². The van der Waals surface area contributed by atoms with Crippen LogP contribution in [0.4, 0.5) is 11.4 Å². The monoisotopic (exact) mass is 248 g/mol. The lowest BCUT2D eigenvalue weighted by molar-refractivity contribution is -0.127. The number of nitrogens with one attached hydrogen (secondary N) is 1. The minimum Gasteiger partial charge on any atom is -0.397 e. The van der Waals surface area contributed by atoms with Crippen molar-refractivity contribution in [2.75, 3.05) is 24.6 Å². The van der Waals surface area contributed by atoms with Crippen LogP contribution in [-0.4, -0.2) is 36.3 Å². The van der Waals surface area contributed by atoms with Crippen molar-refractivity contribution in [3.8, 4) is 0 Å². The molecule has 1 aliphatic heterocycles. The average molecular weight is 248 g/mol. The number of nitrogens with two attached hydrogens (primary N) is 2. The molecule has 96 valence electrons. The Bertz CT molecular complexity index is 501. The lowest BCUT2D eigenvalue weighted by atomic mass is 10.1. The van der Waals surface area contributed by atoms with E-state index in [0.29, 0.717) is 29.9 Å². The zero-order chi connectivity index (χ0) is 13.3. The van der Waals surface area contributed by atoms with E-state index < -0.39 is 5.91 Å². The van der Waals surface area contributed by atoms with Gasteiger partial charge in [0.25, 0.3) is 5.91 Å². The first-order valence-corrected chi connectivity index (χ1v) is 5.70. The Labute approximate surface area is 105 Å². The quantitative estimate of drug-likeness (QED) is 0.656. The number of benzene rings is 1. The summed E-state index contributed by atoms with van der Waals surface area (Å²) in [5, 5.41) is 3.02. The summed E-state index contributed by atoms with van der Waals surface area (Å²) in [6, 6.07) is 4.56. The fraction of sp³-hybridized carbons (Fsp3) is 0.333. The maximum Gasteiger partial charge on any atom is 0.250 e. The first-order chi connectivity index (χ1) is 8.50. The Hall–Kier alpha value is -2.24. The molecule has 1 aromatic rings. The van der Waals surface area contributed by atoms with Crippen molar-refractivity contribution in [1.82, 2.24) is 4.90 Å². The van der Waals surface area contributed by atoms with Crippen molar-refractivity contribution in [3.63, 3.8) is 0 Å². The first kappa shape index (κ1) is 12.2. The van der Waals surface area contributed by atoms with Crippen molar-refractivity contribution in [1.29, 1.82) is 0 Å². The lowest BCUT2D eigenvalue weighted by Gasteiger charge is -2.17. The fourth-order valence-electron chi connectivity index (χ4n) is 2.07. The molecule has 1 heterocycles. The minimum atomic E-state index is -0.566. The van der Waals surface area contributed by atoms with Crippen LogP contribution in [-0.2, 0) is 4.79 Å². The highest BCUT2D eigenvalue weighted by Crippen LogP contribution is 2.26. The molecule has 0 radical (unpaired) electrons. The van der Waals surface area contributed by atoms with Gasteiger partial charge < -0.3 is 21.7 Å². The van der Waals surface area contributed by atoms with Gasteiger partial charge in [-0.2, -0.15) is 0 Å². The third-order valence-electron chi connectivity index (χ3n) is 3.11. The maximum absolute atomic E-state index is 11.8. The maximum atomic E-state index is 11.8. The summed E-state index contributed by atoms with van der Waals surface area (Å²) in [6.07, 6.45) is 0.682. The number of anilines is 2. The van der Waals surface area contributed by atoms with Crippen LogP contribution in [0.15, 0.2) is 18.2 Å². The van der Waals surface area contributed by atoms with E-state index in [2.05, 4.69) is 5.32 Å². The van der Waals surface area contributed by atoms with Crippen LogP contribution < -0.4 is 16.8 Å². The van der Waals surface area contributed by atoms with Crippen LogP contribution >= 0.6 is 0 Å². The molecule has 5 N–H and O–H groups in total. The third-order valence-corrected chi connectivity index (χ3v) is 3.11. The van der Waals surface area contributed by atoms with Gasteiger partial charge in [0.15, 0.2) is 0 Å². The number of likely N-dealkylation sites (N-methyl/N-ethyl adjacent to an activating group) is 1. The highest BCUT2D eigenvalue weighted by Gasteiger charge is 2.30. The highest BCUT2D eigenvalue weighted by atomic mass is 16.2. The smallest absolute Gasteiger partial charge is 0.250 e. The SMILES string of the molecule is CN1CCC(Nc2c(N)cccc2C(N)=O)C1=O. The van der Waals surface area contributed by atoms with Gasteiger partial charge in [0.05, 0.1) is 16.9 Å². The standard InChI is InChI=1S/C12H16N4O2/c1-16-6-5-9(12(16)18)15-10-7(11(14)17)3-2-4-8(10)13/h2-4,9,15H,5-6,13H2,1H3,(H2,14,17). The van der Waals surface area contributed by atoms with Gasteiger partial charge in [0.1, 0.15) is 6.04 Å². The zero-order valence-corrected chi connectivity index (χ0v) is 10.1. The predicted octanol–water partition coefficient (Wildman–Crippen LogP) is 0.0103. The Morgan fingerprint density at radius 3 is 2.78 bits per heavy atom. The van der Waals surface area contributed by atoms with E-state index in [9.17, 15) is 9.59 Å². The topological polar surface area (TPSA) is 101 Å². The van der Waals surface area contributed by atoms with Crippen molar-refractivity contribution in [3.05, 3.63) is 23.8 Å². The van der Waals surface area contributed by atoms with Crippen LogP contribution in [0, 0.1) is 0 Å². The van der Waals surface area contributed by atoms with Gasteiger partial charge in [-0.3, -0.25) is 9.59 Å². The molecule has 1 unspecified atom stereocenters. The second kappa shape index (κ2) is 4.56. The van der Waals surface area contributed by atoms with Crippen LogP contribution in [0.1, 0.15) is 16.8 Å². The van der Waals surface area contributed by atoms with E-state index in [0.717, 1.165) is 0 Å². The van der Waals surface area contributed by atoms with Crippen LogP contribution in [0.3, 0.4) is 0 Å². The Balaban J connectivity index is 2.29. The molecule has 0 spiro atoms. The van der Waals surface area contributed by atoms with Crippen molar-refractivity contribution >= 4 is 23.2 Å². The lowest BCUT2D eigenvalue weighted by Crippen LogP contribution is -2.32. The number of primary amides is 1. The van der Waals surface area contributed by atoms with E-state index in [-0.39, 0.29) is 11.9 Å². The van der Waals surface area contributed by atoms with E-state index in [4.69, 9.17) is 11.5 Å². The van der Waals surface area contributed by atoms with Crippen molar-refractivity contribution in [2.24, 2.45) is 5.73 Å². The summed E-state index contributed by atoms with van der Waals surface area (Å²) in [4.78, 5) is 24.8. The van der Waals surface area contributed by atoms with Gasteiger partial charge in [0, 0.05) is 13.6 Å². The Kier molecular flexibility index (Phi) is 3.10. The molecule has 1 aliphatic rings. The molecule has 0 saturated carbocycles. The molecular weight excluding hydrogens is 232 g/mol. The number of hydrogen-bond acceptors (Lipinski definition) is 4. The summed E-state index contributed by atoms with van der Waals surface area (Å²) in [5.74, 6) is -0.572. The predicted molar refractivity (Wildman–Crippen MR) is 69.0 cm³/mol. The van der Waals surface area contributed by atoms with E-state index >= 15 is 0 Å². The highest BCUT2D eigenvalue weighted by molar-refractivity contribution is 6.02. The van der Waals surface area contributed by atoms with Crippen LogP contribution in [0.2, 0.25) is 0 Å². The van der Waals surface area contributed by atoms with Crippen LogP contribution in [0.25, 0.3) is 0 Å². The number of likely N-dealkylation sites (tertiary alicyclic amines) is 1. The fourth-order valence-corrected chi connectivity index (χ4v) is 2.07. The number of para-hydroxylation sites is 1. The number of hydrogen-bond donors (Lipinski definition) is 3. The Morgan fingerprint density at radius 1 is 1.50 bits per heavy atom. The molecule has 1 saturated heterocycles. The molecule has 0 aliphatic carbocycles. The van der Waals surface area contributed by atoms with Gasteiger partial charge >= 0.3 is 0 Å². The molecule has 6 heteroatoms. The van der Waals surface area contributed by atoms with Gasteiger partial charge in [-0.25, -0.2) is 0 Å². The van der Waals surface area contributed by atoms with E-state index in [1.165, 1.54) is 0 Å². The number of carbonyl (C=O) groups is 2. The second-order valence-electron chi connectivity index (χ2n) is 4.38. The third kappa shape index (κ3) is 2.09. The molecule has 0 aromatic heterocycles. The number of nitrogens with zero attached hydrogens (tertiary/aromatic N) is 1. The van der Waals surface area contributed by atoms with Gasteiger partial charge in [0.2, 0.25) is 5.91 Å². The molecule has 2 amide bonds. The summed E-state index contributed by atoms with van der Waals surface area (Å²) in [5.41, 5.74) is 12.3. The molecule has 1 atom stereocenters. The average Bonchev–Trinajstić information content (AvgIpc) is 2.63. The number of carbonyl (C=O) groups excluding carboxylic acids is 2. The van der Waals surface area contributed by atoms with Gasteiger partial charge in [-0.15, -0.1) is 0 Å². The second-order valence-corrected chi connectivity index (χ2v) is 4.38. The molecule has 6 nitrogen and oxygen atoms in total. The van der Waals surface area contributed by atoms with E-state index in [1.807, 2.05) is 0 Å². The van der Waals surface area contributed by atoms with Crippen molar-refractivity contribution in [2.45, 2.75) is 12.5 Å². The molecule has 2 rings (SSSR count). The first-order valence-electron chi connectivity index (χ1n) is 5.70. The minimum absolute atomic E-state index is 0.00586. The summed E-state index contributed by atoms with van der Waals surface area (Å²) < 4.78 is 0. The zero-order valence-electron chi connectivity index (χ0n) is 10.1. The molecule has 1 aromatic carbocycles. The van der Waals surface area contributed by atoms with Crippen molar-refractivity contribution < 1.29 is 9.59 Å². The normalized spacial score (nSPS) is 19.1. The summed E-state index contributed by atoms with van der Waals surface area (Å²) >= 11 is 0. The number of amides is 2. The summed E-state index contributed by atoms with van der Waals surface area (Å²) in [7, 11) is 1.74. The number of rotatable bonds is 3.